The summed E-state index contributed by atoms with van der Waals surface area (Å²) in [4.78, 5) is 6.48. The molecule has 0 aromatic carbocycles. The average Bonchev–Trinajstić information content (AvgIpc) is 2.58. The fourth-order valence-electron chi connectivity index (χ4n) is 1.31. The predicted molar refractivity (Wildman–Crippen MR) is 61.9 cm³/mol. The first-order chi connectivity index (χ1) is 7.13. The summed E-state index contributed by atoms with van der Waals surface area (Å²) in [5.41, 5.74) is 0. The van der Waals surface area contributed by atoms with Gasteiger partial charge in [0, 0.05) is 24.6 Å². The maximum atomic E-state index is 8.59. The number of aryl methyl sites for hydroxylation is 1. The second-order valence-corrected chi connectivity index (χ2v) is 4.60. The number of anilines is 1. The Hall–Kier alpha value is -1.15. The van der Waals surface area contributed by atoms with Gasteiger partial charge in [-0.25, -0.2) is 4.98 Å². The quantitative estimate of drug-likeness (QED) is 0.769. The first-order valence-electron chi connectivity index (χ1n) is 5.05. The highest BCUT2D eigenvalue weighted by atomic mass is 32.1. The Labute approximate surface area is 94.7 Å². The summed E-state index contributed by atoms with van der Waals surface area (Å²) in [6, 6.07) is 2.16. The predicted octanol–water partition coefficient (Wildman–Crippen LogP) is 2.22. The Kier molecular flexibility index (Phi) is 4.50. The van der Waals surface area contributed by atoms with Crippen molar-refractivity contribution < 1.29 is 0 Å². The van der Waals surface area contributed by atoms with Crippen molar-refractivity contribution in [3.8, 4) is 6.07 Å². The SMILES string of the molecule is Cc1nsc(N(CCC#N)CC(C)C)n1. The second-order valence-electron chi connectivity index (χ2n) is 3.87. The van der Waals surface area contributed by atoms with Crippen LogP contribution in [0.5, 0.6) is 0 Å². The van der Waals surface area contributed by atoms with Crippen LogP contribution in [-0.4, -0.2) is 22.4 Å². The van der Waals surface area contributed by atoms with E-state index in [9.17, 15) is 0 Å². The number of rotatable bonds is 5. The lowest BCUT2D eigenvalue weighted by molar-refractivity contribution is 0.611. The van der Waals surface area contributed by atoms with Crippen molar-refractivity contribution in [2.75, 3.05) is 18.0 Å². The molecule has 0 bridgehead atoms. The van der Waals surface area contributed by atoms with Crippen LogP contribution in [0.25, 0.3) is 0 Å². The average molecular weight is 224 g/mol. The van der Waals surface area contributed by atoms with Crippen molar-refractivity contribution in [3.63, 3.8) is 0 Å². The molecule has 1 heterocycles. The maximum Gasteiger partial charge on any atom is 0.205 e. The third kappa shape index (κ3) is 3.84. The van der Waals surface area contributed by atoms with E-state index < -0.39 is 0 Å². The monoisotopic (exact) mass is 224 g/mol. The van der Waals surface area contributed by atoms with E-state index in [0.29, 0.717) is 12.3 Å². The summed E-state index contributed by atoms with van der Waals surface area (Å²) in [6.07, 6.45) is 0.533. The highest BCUT2D eigenvalue weighted by molar-refractivity contribution is 7.09. The molecular formula is C10H16N4S. The number of nitriles is 1. The lowest BCUT2D eigenvalue weighted by Crippen LogP contribution is -2.28. The zero-order valence-corrected chi connectivity index (χ0v) is 10.2. The van der Waals surface area contributed by atoms with Gasteiger partial charge in [-0.3, -0.25) is 0 Å². The number of aromatic nitrogens is 2. The molecule has 0 unspecified atom stereocenters. The minimum absolute atomic E-state index is 0.533. The van der Waals surface area contributed by atoms with Gasteiger partial charge in [0.15, 0.2) is 0 Å². The van der Waals surface area contributed by atoms with Gasteiger partial charge in [0.05, 0.1) is 12.5 Å². The van der Waals surface area contributed by atoms with Gasteiger partial charge >= 0.3 is 0 Å². The number of hydrogen-bond acceptors (Lipinski definition) is 5. The minimum atomic E-state index is 0.533. The lowest BCUT2D eigenvalue weighted by atomic mass is 10.2. The Morgan fingerprint density at radius 1 is 1.53 bits per heavy atom. The smallest absolute Gasteiger partial charge is 0.205 e. The van der Waals surface area contributed by atoms with E-state index in [4.69, 9.17) is 5.26 Å². The summed E-state index contributed by atoms with van der Waals surface area (Å²) >= 11 is 1.41. The Morgan fingerprint density at radius 3 is 2.73 bits per heavy atom. The normalized spacial score (nSPS) is 10.3. The molecular weight excluding hydrogens is 208 g/mol. The van der Waals surface area contributed by atoms with Crippen molar-refractivity contribution in [3.05, 3.63) is 5.82 Å². The first-order valence-corrected chi connectivity index (χ1v) is 5.83. The molecule has 0 amide bonds. The summed E-state index contributed by atoms with van der Waals surface area (Å²) in [6.45, 7) is 7.87. The van der Waals surface area contributed by atoms with Gasteiger partial charge in [0.2, 0.25) is 5.13 Å². The van der Waals surface area contributed by atoms with Gasteiger partial charge < -0.3 is 4.90 Å². The molecule has 1 rings (SSSR count). The van der Waals surface area contributed by atoms with Gasteiger partial charge in [-0.2, -0.15) is 9.64 Å². The van der Waals surface area contributed by atoms with Gasteiger partial charge in [-0.1, -0.05) is 13.8 Å². The third-order valence-electron chi connectivity index (χ3n) is 1.87. The molecule has 1 aromatic rings. The highest BCUT2D eigenvalue weighted by Gasteiger charge is 2.12. The van der Waals surface area contributed by atoms with Crippen LogP contribution in [0, 0.1) is 24.2 Å². The molecule has 0 fully saturated rings. The van der Waals surface area contributed by atoms with Crippen LogP contribution in [0.2, 0.25) is 0 Å². The standard InChI is InChI=1S/C10H16N4S/c1-8(2)7-14(6-4-5-11)10-12-9(3)13-15-10/h8H,4,6-7H2,1-3H3. The van der Waals surface area contributed by atoms with Crippen LogP contribution >= 0.6 is 11.5 Å². The summed E-state index contributed by atoms with van der Waals surface area (Å²) in [7, 11) is 0. The molecule has 4 nitrogen and oxygen atoms in total. The molecule has 0 saturated carbocycles. The molecule has 0 aliphatic heterocycles. The molecule has 1 aromatic heterocycles. The van der Waals surface area contributed by atoms with E-state index in [-0.39, 0.29) is 0 Å². The molecule has 15 heavy (non-hydrogen) atoms. The molecule has 0 spiro atoms. The summed E-state index contributed by atoms with van der Waals surface area (Å²) in [5.74, 6) is 1.37. The van der Waals surface area contributed by atoms with Crippen LogP contribution in [0.4, 0.5) is 5.13 Å². The molecule has 0 N–H and O–H groups in total. The molecule has 0 atom stereocenters. The molecule has 0 radical (unpaired) electrons. The van der Waals surface area contributed by atoms with Gasteiger partial charge in [-0.05, 0) is 12.8 Å². The zero-order chi connectivity index (χ0) is 11.3. The van der Waals surface area contributed by atoms with Crippen LogP contribution in [0.3, 0.4) is 0 Å². The van der Waals surface area contributed by atoms with Crippen molar-refractivity contribution in [2.45, 2.75) is 27.2 Å². The van der Waals surface area contributed by atoms with E-state index in [1.807, 2.05) is 6.92 Å². The van der Waals surface area contributed by atoms with Gasteiger partial charge in [-0.15, -0.1) is 0 Å². The summed E-state index contributed by atoms with van der Waals surface area (Å²) in [5, 5.41) is 9.52. The molecule has 82 valence electrons. The molecule has 5 heteroatoms. The van der Waals surface area contributed by atoms with Crippen molar-refractivity contribution in [2.24, 2.45) is 5.92 Å². The first kappa shape index (κ1) is 11.9. The third-order valence-corrected chi connectivity index (χ3v) is 2.73. The Morgan fingerprint density at radius 2 is 2.27 bits per heavy atom. The van der Waals surface area contributed by atoms with E-state index in [1.165, 1.54) is 11.5 Å². The fraction of sp³-hybridized carbons (Fsp3) is 0.700. The van der Waals surface area contributed by atoms with E-state index in [1.54, 1.807) is 0 Å². The number of hydrogen-bond donors (Lipinski definition) is 0. The van der Waals surface area contributed by atoms with Crippen LogP contribution in [0.15, 0.2) is 0 Å². The van der Waals surface area contributed by atoms with Gasteiger partial charge in [0.25, 0.3) is 0 Å². The van der Waals surface area contributed by atoms with Gasteiger partial charge in [0.1, 0.15) is 5.82 Å². The molecule has 0 saturated heterocycles. The van der Waals surface area contributed by atoms with Crippen LogP contribution in [0.1, 0.15) is 26.1 Å². The lowest BCUT2D eigenvalue weighted by Gasteiger charge is -2.21. The highest BCUT2D eigenvalue weighted by Crippen LogP contribution is 2.18. The Bertz CT molecular complexity index is 339. The van der Waals surface area contributed by atoms with E-state index in [2.05, 4.69) is 34.2 Å². The van der Waals surface area contributed by atoms with E-state index >= 15 is 0 Å². The van der Waals surface area contributed by atoms with Crippen molar-refractivity contribution >= 4 is 16.7 Å². The van der Waals surface area contributed by atoms with Crippen molar-refractivity contribution in [1.82, 2.24) is 9.36 Å². The summed E-state index contributed by atoms with van der Waals surface area (Å²) < 4.78 is 4.16. The molecule has 0 aliphatic carbocycles. The largest absolute Gasteiger partial charge is 0.346 e. The Balaban J connectivity index is 2.67. The topological polar surface area (TPSA) is 52.8 Å². The second kappa shape index (κ2) is 5.66. The van der Waals surface area contributed by atoms with Crippen molar-refractivity contribution in [1.29, 1.82) is 5.26 Å². The zero-order valence-electron chi connectivity index (χ0n) is 9.40. The number of nitrogens with zero attached hydrogens (tertiary/aromatic N) is 4. The molecule has 0 aliphatic rings. The minimum Gasteiger partial charge on any atom is -0.346 e. The van der Waals surface area contributed by atoms with E-state index in [0.717, 1.165) is 24.0 Å². The maximum absolute atomic E-state index is 8.59. The fourth-order valence-corrected chi connectivity index (χ4v) is 2.01. The van der Waals surface area contributed by atoms with Crippen LogP contribution < -0.4 is 4.90 Å². The van der Waals surface area contributed by atoms with Crippen LogP contribution in [-0.2, 0) is 0 Å².